The van der Waals surface area contributed by atoms with E-state index in [0.717, 1.165) is 16.5 Å². The fourth-order valence-corrected chi connectivity index (χ4v) is 5.61. The lowest BCUT2D eigenvalue weighted by molar-refractivity contribution is -0.128. The normalized spacial score (nSPS) is 19.0. The Bertz CT molecular complexity index is 2080. The first-order chi connectivity index (χ1) is 26.2. The third-order valence-corrected chi connectivity index (χ3v) is 8.81. The van der Waals surface area contributed by atoms with Gasteiger partial charge < -0.3 is 45.3 Å². The lowest BCUT2D eigenvalue weighted by Gasteiger charge is -2.24. The van der Waals surface area contributed by atoms with Crippen LogP contribution in [0.15, 0.2) is 64.2 Å². The Morgan fingerprint density at radius 1 is 0.945 bits per heavy atom. The molecule has 7 N–H and O–H groups in total. The zero-order valence-corrected chi connectivity index (χ0v) is 30.5. The van der Waals surface area contributed by atoms with Gasteiger partial charge in [-0.1, -0.05) is 37.2 Å². The number of nitrogens with one attached hydrogen (secondary N) is 4. The van der Waals surface area contributed by atoms with E-state index in [1.807, 2.05) is 0 Å². The molecule has 2 aromatic carbocycles. The minimum absolute atomic E-state index is 0.141. The number of aromatic nitrogens is 4. The fraction of sp³-hybridized carbons (Fsp3) is 0.389. The van der Waals surface area contributed by atoms with Crippen molar-refractivity contribution in [2.24, 2.45) is 5.92 Å². The quantitative estimate of drug-likeness (QED) is 0.0927. The summed E-state index contributed by atoms with van der Waals surface area (Å²) in [6.45, 7) is 7.88. The molecule has 19 heteroatoms. The van der Waals surface area contributed by atoms with Gasteiger partial charge in [0, 0.05) is 11.3 Å². The van der Waals surface area contributed by atoms with E-state index in [-0.39, 0.29) is 17.7 Å². The van der Waals surface area contributed by atoms with Crippen molar-refractivity contribution < 1.29 is 48.5 Å². The van der Waals surface area contributed by atoms with Crippen LogP contribution in [0, 0.1) is 19.8 Å². The summed E-state index contributed by atoms with van der Waals surface area (Å²) in [6, 6.07) is 10.6. The van der Waals surface area contributed by atoms with Crippen LogP contribution in [-0.4, -0.2) is 95.6 Å². The first-order valence-corrected chi connectivity index (χ1v) is 17.2. The van der Waals surface area contributed by atoms with E-state index in [2.05, 4.69) is 36.4 Å². The molecule has 4 aromatic rings. The molecule has 1 aliphatic rings. The number of para-hydroxylation sites is 1. The van der Waals surface area contributed by atoms with Gasteiger partial charge >= 0.3 is 5.69 Å². The molecule has 1 aliphatic heterocycles. The number of nitrogens with zero attached hydrogens (tertiary/aromatic N) is 4. The lowest BCUT2D eigenvalue weighted by Crippen LogP contribution is -2.53. The van der Waals surface area contributed by atoms with E-state index in [1.165, 1.54) is 19.1 Å². The molecule has 19 nitrogen and oxygen atoms in total. The van der Waals surface area contributed by atoms with Gasteiger partial charge in [-0.25, -0.2) is 9.78 Å². The van der Waals surface area contributed by atoms with Gasteiger partial charge in [0.1, 0.15) is 54.8 Å². The standard InChI is InChI=1S/C36H42N8O11/c1-17(2)27(33(51)38-19(4)30(48)41-35-37-16-44(36(52)42-35)34-29(47)28(46)26(14-45)54-34)40-31(49)21-9-8-10-22(13-21)39-32(50)23-11-6-7-12-25(23)53-15-24-18(3)43-55-20(24)5/h6-13,16-17,19,26-29,34,45-47H,14-15H2,1-5H3,(H,38,51)(H,39,50)(H,40,49)(H,41,42,48,52)/t19-,26+,27-,28+,29+,34+/m0/s1. The summed E-state index contributed by atoms with van der Waals surface area (Å²) >= 11 is 0. The van der Waals surface area contributed by atoms with Crippen molar-refractivity contribution in [2.75, 3.05) is 17.2 Å². The van der Waals surface area contributed by atoms with Crippen molar-refractivity contribution in [3.05, 3.63) is 93.5 Å². The summed E-state index contributed by atoms with van der Waals surface area (Å²) in [5.41, 5.74) is 1.18. The van der Waals surface area contributed by atoms with Crippen LogP contribution in [0.3, 0.4) is 0 Å². The molecule has 0 aliphatic carbocycles. The van der Waals surface area contributed by atoms with Crippen LogP contribution >= 0.6 is 0 Å². The maximum atomic E-state index is 13.4. The van der Waals surface area contributed by atoms with E-state index in [1.54, 1.807) is 64.1 Å². The Morgan fingerprint density at radius 3 is 2.35 bits per heavy atom. The Labute approximate surface area is 314 Å². The van der Waals surface area contributed by atoms with Gasteiger partial charge in [-0.05, 0) is 57.0 Å². The van der Waals surface area contributed by atoms with Gasteiger partial charge in [-0.15, -0.1) is 0 Å². The number of carbonyl (C=O) groups excluding carboxylic acids is 4. The minimum Gasteiger partial charge on any atom is -0.488 e. The van der Waals surface area contributed by atoms with Crippen LogP contribution in [-0.2, 0) is 20.9 Å². The molecule has 0 saturated carbocycles. The van der Waals surface area contributed by atoms with Crippen LogP contribution in [0.2, 0.25) is 0 Å². The van der Waals surface area contributed by atoms with Gasteiger partial charge in [0.25, 0.3) is 11.8 Å². The Morgan fingerprint density at radius 2 is 1.69 bits per heavy atom. The van der Waals surface area contributed by atoms with Gasteiger partial charge in [-0.2, -0.15) is 4.98 Å². The van der Waals surface area contributed by atoms with E-state index in [4.69, 9.17) is 14.0 Å². The molecular formula is C36H42N8O11. The number of anilines is 2. The summed E-state index contributed by atoms with van der Waals surface area (Å²) in [4.78, 5) is 73.0. The van der Waals surface area contributed by atoms with E-state index < -0.39 is 84.4 Å². The van der Waals surface area contributed by atoms with Crippen molar-refractivity contribution >= 4 is 35.3 Å². The fourth-order valence-electron chi connectivity index (χ4n) is 5.61. The summed E-state index contributed by atoms with van der Waals surface area (Å²) < 4.78 is 17.2. The molecule has 5 rings (SSSR count). The predicted molar refractivity (Wildman–Crippen MR) is 193 cm³/mol. The molecule has 2 aromatic heterocycles. The molecule has 1 saturated heterocycles. The number of aryl methyl sites for hydroxylation is 2. The number of aliphatic hydroxyl groups excluding tert-OH is 3. The molecule has 292 valence electrons. The van der Waals surface area contributed by atoms with E-state index in [9.17, 15) is 39.3 Å². The first-order valence-electron chi connectivity index (χ1n) is 17.2. The number of amides is 4. The highest BCUT2D eigenvalue weighted by atomic mass is 16.6. The minimum atomic E-state index is -1.55. The van der Waals surface area contributed by atoms with E-state index >= 15 is 0 Å². The van der Waals surface area contributed by atoms with Crippen LogP contribution in [0.5, 0.6) is 5.75 Å². The highest BCUT2D eigenvalue weighted by Gasteiger charge is 2.44. The predicted octanol–water partition coefficient (Wildman–Crippen LogP) is 0.584. The molecule has 0 bridgehead atoms. The Balaban J connectivity index is 1.18. The van der Waals surface area contributed by atoms with Gasteiger partial charge in [0.15, 0.2) is 6.23 Å². The first kappa shape index (κ1) is 40.2. The molecule has 3 heterocycles. The second-order valence-corrected chi connectivity index (χ2v) is 13.1. The number of benzene rings is 2. The van der Waals surface area contributed by atoms with Gasteiger partial charge in [-0.3, -0.25) is 29.1 Å². The summed E-state index contributed by atoms with van der Waals surface area (Å²) in [5.74, 6) is -2.45. The monoisotopic (exact) mass is 762 g/mol. The lowest BCUT2D eigenvalue weighted by atomic mass is 10.0. The molecular weight excluding hydrogens is 720 g/mol. The Hall–Kier alpha value is -6.02. The number of hydrogen-bond acceptors (Lipinski definition) is 14. The summed E-state index contributed by atoms with van der Waals surface area (Å²) in [6.07, 6.45) is -4.56. The van der Waals surface area contributed by atoms with Crippen molar-refractivity contribution in [2.45, 2.75) is 77.8 Å². The number of ether oxygens (including phenoxy) is 2. The smallest absolute Gasteiger partial charge is 0.354 e. The van der Waals surface area contributed by atoms with Gasteiger partial charge in [0.2, 0.25) is 17.8 Å². The molecule has 4 amide bonds. The van der Waals surface area contributed by atoms with Crippen molar-refractivity contribution in [3.8, 4) is 5.75 Å². The maximum absolute atomic E-state index is 13.4. The maximum Gasteiger partial charge on any atom is 0.354 e. The van der Waals surface area contributed by atoms with Crippen LogP contribution in [0.4, 0.5) is 11.6 Å². The Kier molecular flexibility index (Phi) is 12.7. The van der Waals surface area contributed by atoms with Gasteiger partial charge in [0.05, 0.1) is 23.4 Å². The van der Waals surface area contributed by atoms with Crippen molar-refractivity contribution in [1.29, 1.82) is 0 Å². The number of aliphatic hydroxyl groups is 3. The number of carbonyl (C=O) groups is 4. The zero-order chi connectivity index (χ0) is 40.0. The highest BCUT2D eigenvalue weighted by Crippen LogP contribution is 2.28. The third-order valence-electron chi connectivity index (χ3n) is 8.81. The van der Waals surface area contributed by atoms with E-state index in [0.29, 0.717) is 22.9 Å². The second-order valence-electron chi connectivity index (χ2n) is 13.1. The topological polar surface area (TPSA) is 269 Å². The van der Waals surface area contributed by atoms with Crippen molar-refractivity contribution in [1.82, 2.24) is 30.3 Å². The zero-order valence-electron chi connectivity index (χ0n) is 30.5. The van der Waals surface area contributed by atoms with Crippen LogP contribution in [0.1, 0.15) is 64.7 Å². The van der Waals surface area contributed by atoms with Crippen LogP contribution in [0.25, 0.3) is 0 Å². The van der Waals surface area contributed by atoms with Crippen LogP contribution < -0.4 is 31.7 Å². The SMILES string of the molecule is Cc1noc(C)c1COc1ccccc1C(=O)Nc1cccc(C(=O)N[C@H](C(=O)N[C@@H](C)C(=O)Nc2ncn([C@@H]3O[C@H](CO)[C@@H](O)[C@H]3O)c(=O)n2)C(C)C)c1. The highest BCUT2D eigenvalue weighted by molar-refractivity contribution is 6.07. The third kappa shape index (κ3) is 9.38. The average molecular weight is 763 g/mol. The largest absolute Gasteiger partial charge is 0.488 e. The van der Waals surface area contributed by atoms with Crippen molar-refractivity contribution in [3.63, 3.8) is 0 Å². The number of hydrogen-bond donors (Lipinski definition) is 7. The summed E-state index contributed by atoms with van der Waals surface area (Å²) in [7, 11) is 0. The number of rotatable bonds is 14. The molecule has 0 radical (unpaired) electrons. The average Bonchev–Trinajstić information content (AvgIpc) is 3.63. The molecule has 0 spiro atoms. The summed E-state index contributed by atoms with van der Waals surface area (Å²) in [5, 5.41) is 43.7. The molecule has 55 heavy (non-hydrogen) atoms. The molecule has 1 fully saturated rings. The molecule has 6 atom stereocenters. The second kappa shape index (κ2) is 17.4. The molecule has 0 unspecified atom stereocenters.